The van der Waals surface area contributed by atoms with E-state index in [0.29, 0.717) is 5.92 Å². The SMILES string of the molecule is O=C(NC1CN2CCC1CC2)c1cc(Cl)c(O)cn1. The number of piperidine rings is 3. The molecular formula is C13H16ClN3O2. The second kappa shape index (κ2) is 4.98. The van der Waals surface area contributed by atoms with Gasteiger partial charge in [-0.05, 0) is 37.9 Å². The predicted molar refractivity (Wildman–Crippen MR) is 71.3 cm³/mol. The minimum atomic E-state index is -0.222. The molecule has 0 aromatic carbocycles. The number of amides is 1. The highest BCUT2D eigenvalue weighted by Gasteiger charge is 2.35. The molecule has 102 valence electrons. The van der Waals surface area contributed by atoms with Crippen molar-refractivity contribution in [3.05, 3.63) is 23.0 Å². The Morgan fingerprint density at radius 1 is 1.47 bits per heavy atom. The van der Waals surface area contributed by atoms with Crippen molar-refractivity contribution >= 4 is 17.5 Å². The first-order valence-corrected chi connectivity index (χ1v) is 6.89. The van der Waals surface area contributed by atoms with Gasteiger partial charge in [0, 0.05) is 12.6 Å². The third kappa shape index (κ3) is 2.53. The molecule has 0 saturated carbocycles. The van der Waals surface area contributed by atoms with Gasteiger partial charge in [0.25, 0.3) is 5.91 Å². The third-order valence-corrected chi connectivity index (χ3v) is 4.34. The first-order chi connectivity index (χ1) is 9.13. The average Bonchev–Trinajstić information content (AvgIpc) is 2.43. The van der Waals surface area contributed by atoms with Gasteiger partial charge in [0.1, 0.15) is 5.69 Å². The Bertz CT molecular complexity index is 501. The van der Waals surface area contributed by atoms with Gasteiger partial charge in [0.15, 0.2) is 5.75 Å². The molecule has 19 heavy (non-hydrogen) atoms. The fourth-order valence-corrected chi connectivity index (χ4v) is 3.07. The van der Waals surface area contributed by atoms with Crippen molar-refractivity contribution in [2.75, 3.05) is 19.6 Å². The van der Waals surface area contributed by atoms with Crippen molar-refractivity contribution in [3.63, 3.8) is 0 Å². The van der Waals surface area contributed by atoms with Gasteiger partial charge in [0.2, 0.25) is 0 Å². The Balaban J connectivity index is 1.69. The van der Waals surface area contributed by atoms with Gasteiger partial charge in [-0.3, -0.25) is 4.79 Å². The van der Waals surface area contributed by atoms with Gasteiger partial charge in [0.05, 0.1) is 11.2 Å². The molecule has 3 aliphatic heterocycles. The van der Waals surface area contributed by atoms with Crippen molar-refractivity contribution in [2.24, 2.45) is 5.92 Å². The summed E-state index contributed by atoms with van der Waals surface area (Å²) in [5, 5.41) is 12.5. The first kappa shape index (κ1) is 12.7. The normalized spacial score (nSPS) is 29.2. The topological polar surface area (TPSA) is 65.5 Å². The van der Waals surface area contributed by atoms with Gasteiger partial charge in [-0.25, -0.2) is 4.98 Å². The number of nitrogens with one attached hydrogen (secondary N) is 1. The van der Waals surface area contributed by atoms with Crippen LogP contribution in [0, 0.1) is 5.92 Å². The zero-order chi connectivity index (χ0) is 13.4. The summed E-state index contributed by atoms with van der Waals surface area (Å²) in [6.07, 6.45) is 3.50. The van der Waals surface area contributed by atoms with Crippen LogP contribution in [0.1, 0.15) is 23.3 Å². The zero-order valence-corrected chi connectivity index (χ0v) is 11.2. The van der Waals surface area contributed by atoms with E-state index in [-0.39, 0.29) is 28.4 Å². The summed E-state index contributed by atoms with van der Waals surface area (Å²) < 4.78 is 0. The van der Waals surface area contributed by atoms with Crippen LogP contribution in [0.25, 0.3) is 0 Å². The molecule has 3 saturated heterocycles. The monoisotopic (exact) mass is 281 g/mol. The van der Waals surface area contributed by atoms with Crippen LogP contribution in [-0.4, -0.2) is 46.6 Å². The molecule has 6 heteroatoms. The van der Waals surface area contributed by atoms with E-state index in [1.165, 1.54) is 12.3 Å². The lowest BCUT2D eigenvalue weighted by Crippen LogP contribution is -2.57. The summed E-state index contributed by atoms with van der Waals surface area (Å²) >= 11 is 5.79. The third-order valence-electron chi connectivity index (χ3n) is 4.04. The maximum Gasteiger partial charge on any atom is 0.270 e. The smallest absolute Gasteiger partial charge is 0.270 e. The number of aromatic hydroxyl groups is 1. The molecule has 1 unspecified atom stereocenters. The molecule has 1 atom stereocenters. The van der Waals surface area contributed by atoms with E-state index in [0.717, 1.165) is 32.5 Å². The Morgan fingerprint density at radius 2 is 2.21 bits per heavy atom. The van der Waals surface area contributed by atoms with E-state index in [2.05, 4.69) is 15.2 Å². The maximum absolute atomic E-state index is 12.1. The van der Waals surface area contributed by atoms with Gasteiger partial charge in [-0.2, -0.15) is 0 Å². The molecule has 3 aliphatic rings. The van der Waals surface area contributed by atoms with Crippen LogP contribution in [0.5, 0.6) is 5.75 Å². The molecule has 1 aromatic heterocycles. The number of fused-ring (bicyclic) bond motifs is 3. The molecule has 0 spiro atoms. The molecular weight excluding hydrogens is 266 g/mol. The van der Waals surface area contributed by atoms with Gasteiger partial charge < -0.3 is 15.3 Å². The molecule has 2 bridgehead atoms. The quantitative estimate of drug-likeness (QED) is 0.857. The van der Waals surface area contributed by atoms with Crippen LogP contribution in [0.15, 0.2) is 12.3 Å². The van der Waals surface area contributed by atoms with E-state index in [1.807, 2.05) is 0 Å². The molecule has 0 aliphatic carbocycles. The number of rotatable bonds is 2. The Hall–Kier alpha value is -1.33. The summed E-state index contributed by atoms with van der Waals surface area (Å²) in [4.78, 5) is 18.4. The Morgan fingerprint density at radius 3 is 2.79 bits per heavy atom. The lowest BCUT2D eigenvalue weighted by atomic mass is 9.84. The van der Waals surface area contributed by atoms with Crippen molar-refractivity contribution < 1.29 is 9.90 Å². The zero-order valence-electron chi connectivity index (χ0n) is 10.5. The maximum atomic E-state index is 12.1. The van der Waals surface area contributed by atoms with E-state index in [9.17, 15) is 9.90 Å². The number of carbonyl (C=O) groups excluding carboxylic acids is 1. The second-order valence-electron chi connectivity index (χ2n) is 5.24. The Labute approximate surface area is 116 Å². The standard InChI is InChI=1S/C13H16ClN3O2/c14-9-5-10(15-6-12(9)18)13(19)16-11-7-17-3-1-8(11)2-4-17/h5-6,8,11,18H,1-4,7H2,(H,16,19). The average molecular weight is 282 g/mol. The van der Waals surface area contributed by atoms with Crippen LogP contribution in [-0.2, 0) is 0 Å². The highest BCUT2D eigenvalue weighted by molar-refractivity contribution is 6.32. The van der Waals surface area contributed by atoms with Crippen LogP contribution < -0.4 is 5.32 Å². The summed E-state index contributed by atoms with van der Waals surface area (Å²) in [6.45, 7) is 3.20. The summed E-state index contributed by atoms with van der Waals surface area (Å²) in [6, 6.07) is 1.59. The highest BCUT2D eigenvalue weighted by Crippen LogP contribution is 2.28. The molecule has 5 nitrogen and oxygen atoms in total. The van der Waals surface area contributed by atoms with Crippen LogP contribution in [0.4, 0.5) is 0 Å². The number of carbonyl (C=O) groups is 1. The van der Waals surface area contributed by atoms with Crippen molar-refractivity contribution in [2.45, 2.75) is 18.9 Å². The second-order valence-corrected chi connectivity index (χ2v) is 5.65. The van der Waals surface area contributed by atoms with Gasteiger partial charge in [-0.15, -0.1) is 0 Å². The van der Waals surface area contributed by atoms with Crippen LogP contribution in [0.3, 0.4) is 0 Å². The fourth-order valence-electron chi connectivity index (χ4n) is 2.92. The fraction of sp³-hybridized carbons (Fsp3) is 0.538. The number of aromatic nitrogens is 1. The lowest BCUT2D eigenvalue weighted by Gasteiger charge is -2.44. The molecule has 4 rings (SSSR count). The van der Waals surface area contributed by atoms with E-state index in [4.69, 9.17) is 11.6 Å². The summed E-state index contributed by atoms with van der Waals surface area (Å²) in [7, 11) is 0. The number of hydrogen-bond donors (Lipinski definition) is 2. The first-order valence-electron chi connectivity index (χ1n) is 6.51. The van der Waals surface area contributed by atoms with Crippen LogP contribution >= 0.6 is 11.6 Å². The number of nitrogens with zero attached hydrogens (tertiary/aromatic N) is 2. The van der Waals surface area contributed by atoms with E-state index < -0.39 is 0 Å². The minimum absolute atomic E-state index is 0.110. The van der Waals surface area contributed by atoms with Crippen LogP contribution in [0.2, 0.25) is 5.02 Å². The molecule has 3 fully saturated rings. The minimum Gasteiger partial charge on any atom is -0.505 e. The van der Waals surface area contributed by atoms with Gasteiger partial charge >= 0.3 is 0 Å². The molecule has 4 heterocycles. The summed E-state index contributed by atoms with van der Waals surface area (Å²) in [5.74, 6) is 0.239. The predicted octanol–water partition coefficient (Wildman–Crippen LogP) is 1.26. The number of hydrogen-bond acceptors (Lipinski definition) is 4. The van der Waals surface area contributed by atoms with Crippen molar-refractivity contribution in [3.8, 4) is 5.75 Å². The van der Waals surface area contributed by atoms with E-state index in [1.54, 1.807) is 0 Å². The Kier molecular flexibility index (Phi) is 3.33. The lowest BCUT2D eigenvalue weighted by molar-refractivity contribution is 0.0618. The molecule has 1 aromatic rings. The molecule has 2 N–H and O–H groups in total. The number of pyridine rings is 1. The largest absolute Gasteiger partial charge is 0.505 e. The molecule has 1 amide bonds. The van der Waals surface area contributed by atoms with Crippen molar-refractivity contribution in [1.29, 1.82) is 0 Å². The number of halogens is 1. The van der Waals surface area contributed by atoms with Gasteiger partial charge in [-0.1, -0.05) is 11.6 Å². The molecule has 0 radical (unpaired) electrons. The summed E-state index contributed by atoms with van der Waals surface area (Å²) in [5.41, 5.74) is 0.249. The van der Waals surface area contributed by atoms with Crippen molar-refractivity contribution in [1.82, 2.24) is 15.2 Å². The highest BCUT2D eigenvalue weighted by atomic mass is 35.5. The van der Waals surface area contributed by atoms with E-state index >= 15 is 0 Å².